The number of hydrogen-bond donors (Lipinski definition) is 2. The van der Waals surface area contributed by atoms with E-state index in [-0.39, 0.29) is 0 Å². The minimum atomic E-state index is 0.718. The molecule has 0 aromatic heterocycles. The van der Waals surface area contributed by atoms with Crippen LogP contribution in [-0.4, -0.2) is 13.2 Å². The third kappa shape index (κ3) is 6.03. The fourth-order valence-corrected chi connectivity index (χ4v) is 2.45. The van der Waals surface area contributed by atoms with Crippen LogP contribution in [0.1, 0.15) is 37.7 Å². The van der Waals surface area contributed by atoms with Gasteiger partial charge in [-0.2, -0.15) is 0 Å². The van der Waals surface area contributed by atoms with Crippen molar-refractivity contribution < 1.29 is 9.47 Å². The molecule has 0 aliphatic carbocycles. The Morgan fingerprint density at radius 2 is 1.38 bits per heavy atom. The third-order valence-corrected chi connectivity index (χ3v) is 3.98. The van der Waals surface area contributed by atoms with Gasteiger partial charge in [0.2, 0.25) is 0 Å². The Morgan fingerprint density at radius 3 is 2.08 bits per heavy atom. The maximum atomic E-state index is 5.99. The maximum absolute atomic E-state index is 5.99. The Hall–Kier alpha value is -2.36. The number of nitrogen functional groups attached to an aromatic ring is 2. The number of unbranched alkanes of at least 4 members (excludes halogenated alkanes) is 4. The Kier molecular flexibility index (Phi) is 7.27. The van der Waals surface area contributed by atoms with Crippen LogP contribution in [0.3, 0.4) is 0 Å². The first-order valence-electron chi connectivity index (χ1n) is 8.63. The van der Waals surface area contributed by atoms with Gasteiger partial charge in [0, 0.05) is 5.69 Å². The highest BCUT2D eigenvalue weighted by molar-refractivity contribution is 5.57. The lowest BCUT2D eigenvalue weighted by Gasteiger charge is -2.10. The average Bonchev–Trinajstić information content (AvgIpc) is 2.58. The Balaban J connectivity index is 1.48. The van der Waals surface area contributed by atoms with Crippen LogP contribution in [0.15, 0.2) is 42.5 Å². The molecule has 130 valence electrons. The van der Waals surface area contributed by atoms with E-state index in [1.807, 2.05) is 49.4 Å². The van der Waals surface area contributed by atoms with E-state index < -0.39 is 0 Å². The van der Waals surface area contributed by atoms with Crippen LogP contribution in [-0.2, 0) is 0 Å². The van der Waals surface area contributed by atoms with Gasteiger partial charge in [-0.25, -0.2) is 0 Å². The molecule has 0 atom stereocenters. The number of nitrogens with two attached hydrogens (primary N) is 2. The van der Waals surface area contributed by atoms with Crippen LogP contribution in [0, 0.1) is 6.92 Å². The van der Waals surface area contributed by atoms with Gasteiger partial charge in [0.05, 0.1) is 18.9 Å². The van der Waals surface area contributed by atoms with E-state index in [0.717, 1.165) is 60.9 Å². The molecule has 0 aliphatic rings. The first-order valence-corrected chi connectivity index (χ1v) is 8.63. The van der Waals surface area contributed by atoms with Gasteiger partial charge in [-0.15, -0.1) is 0 Å². The highest BCUT2D eigenvalue weighted by Gasteiger charge is 2.02. The molecule has 0 spiro atoms. The van der Waals surface area contributed by atoms with E-state index >= 15 is 0 Å². The van der Waals surface area contributed by atoms with Crippen molar-refractivity contribution in [3.8, 4) is 11.5 Å². The van der Waals surface area contributed by atoms with Gasteiger partial charge in [-0.3, -0.25) is 0 Å². The number of anilines is 2. The molecule has 0 saturated carbocycles. The van der Waals surface area contributed by atoms with Crippen LogP contribution in [0.2, 0.25) is 0 Å². The van der Waals surface area contributed by atoms with Gasteiger partial charge in [0.1, 0.15) is 11.5 Å². The molecule has 2 rings (SSSR count). The standard InChI is InChI=1S/C20H28N2O2/c1-16-8-7-9-19(20(16)22)24-15-6-4-2-3-5-14-23-18-12-10-17(21)11-13-18/h7-13H,2-6,14-15,21-22H2,1H3. The van der Waals surface area contributed by atoms with Crippen LogP contribution in [0.4, 0.5) is 11.4 Å². The highest BCUT2D eigenvalue weighted by Crippen LogP contribution is 2.24. The number of para-hydroxylation sites is 1. The van der Waals surface area contributed by atoms with Crippen molar-refractivity contribution in [3.05, 3.63) is 48.0 Å². The minimum Gasteiger partial charge on any atom is -0.494 e. The molecule has 24 heavy (non-hydrogen) atoms. The lowest BCUT2D eigenvalue weighted by Crippen LogP contribution is -2.02. The first-order chi connectivity index (χ1) is 11.7. The van der Waals surface area contributed by atoms with Gasteiger partial charge in [0.25, 0.3) is 0 Å². The molecule has 4 N–H and O–H groups in total. The minimum absolute atomic E-state index is 0.718. The van der Waals surface area contributed by atoms with Gasteiger partial charge >= 0.3 is 0 Å². The van der Waals surface area contributed by atoms with E-state index in [4.69, 9.17) is 20.9 Å². The lowest BCUT2D eigenvalue weighted by atomic mass is 10.1. The molecular formula is C20H28N2O2. The fourth-order valence-electron chi connectivity index (χ4n) is 2.45. The summed E-state index contributed by atoms with van der Waals surface area (Å²) >= 11 is 0. The first kappa shape index (κ1) is 18.0. The van der Waals surface area contributed by atoms with Crippen molar-refractivity contribution >= 4 is 11.4 Å². The summed E-state index contributed by atoms with van der Waals surface area (Å²) in [5.41, 5.74) is 14.2. The molecule has 0 aliphatic heterocycles. The van der Waals surface area contributed by atoms with E-state index in [1.54, 1.807) is 0 Å². The Bertz CT molecular complexity index is 612. The van der Waals surface area contributed by atoms with Crippen molar-refractivity contribution in [2.45, 2.75) is 39.0 Å². The number of hydrogen-bond acceptors (Lipinski definition) is 4. The fraction of sp³-hybridized carbons (Fsp3) is 0.400. The lowest BCUT2D eigenvalue weighted by molar-refractivity contribution is 0.294. The summed E-state index contributed by atoms with van der Waals surface area (Å²) < 4.78 is 11.4. The third-order valence-electron chi connectivity index (χ3n) is 3.98. The molecule has 0 bridgehead atoms. The quantitative estimate of drug-likeness (QED) is 0.495. The van der Waals surface area contributed by atoms with Crippen molar-refractivity contribution in [1.82, 2.24) is 0 Å². The second kappa shape index (κ2) is 9.71. The van der Waals surface area contributed by atoms with E-state index in [1.165, 1.54) is 12.8 Å². The monoisotopic (exact) mass is 328 g/mol. The molecule has 0 heterocycles. The zero-order chi connectivity index (χ0) is 17.2. The molecule has 0 unspecified atom stereocenters. The number of rotatable bonds is 10. The summed E-state index contributed by atoms with van der Waals surface area (Å²) in [5.74, 6) is 1.68. The van der Waals surface area contributed by atoms with Crippen molar-refractivity contribution in [3.63, 3.8) is 0 Å². The van der Waals surface area contributed by atoms with Crippen LogP contribution >= 0.6 is 0 Å². The Labute approximate surface area is 144 Å². The predicted octanol–water partition coefficient (Wildman–Crippen LogP) is 4.57. The summed E-state index contributed by atoms with van der Waals surface area (Å²) in [7, 11) is 0. The molecule has 4 heteroatoms. The zero-order valence-electron chi connectivity index (χ0n) is 14.5. The molecule has 4 nitrogen and oxygen atoms in total. The maximum Gasteiger partial charge on any atom is 0.142 e. The average molecular weight is 328 g/mol. The second-order valence-corrected chi connectivity index (χ2v) is 6.02. The van der Waals surface area contributed by atoms with Crippen LogP contribution in [0.25, 0.3) is 0 Å². The van der Waals surface area contributed by atoms with E-state index in [2.05, 4.69) is 0 Å². The highest BCUT2D eigenvalue weighted by atomic mass is 16.5. The van der Waals surface area contributed by atoms with Gasteiger partial charge in [0.15, 0.2) is 0 Å². The van der Waals surface area contributed by atoms with Crippen LogP contribution in [0.5, 0.6) is 11.5 Å². The van der Waals surface area contributed by atoms with Crippen molar-refractivity contribution in [2.75, 3.05) is 24.7 Å². The SMILES string of the molecule is Cc1cccc(OCCCCCCCOc2ccc(N)cc2)c1N. The normalized spacial score (nSPS) is 10.5. The number of benzene rings is 2. The molecule has 2 aromatic carbocycles. The molecular weight excluding hydrogens is 300 g/mol. The van der Waals surface area contributed by atoms with Crippen molar-refractivity contribution in [2.24, 2.45) is 0 Å². The molecule has 2 aromatic rings. The number of aryl methyl sites for hydroxylation is 1. The van der Waals surface area contributed by atoms with Gasteiger partial charge in [-0.05, 0) is 55.7 Å². The van der Waals surface area contributed by atoms with Gasteiger partial charge < -0.3 is 20.9 Å². The molecule has 0 saturated heterocycles. The molecule has 0 radical (unpaired) electrons. The summed E-state index contributed by atoms with van der Waals surface area (Å²) in [4.78, 5) is 0. The van der Waals surface area contributed by atoms with Crippen LogP contribution < -0.4 is 20.9 Å². The van der Waals surface area contributed by atoms with E-state index in [0.29, 0.717) is 0 Å². The summed E-state index contributed by atoms with van der Waals surface area (Å²) in [5, 5.41) is 0. The van der Waals surface area contributed by atoms with Gasteiger partial charge in [-0.1, -0.05) is 31.4 Å². The number of ether oxygens (including phenoxy) is 2. The smallest absolute Gasteiger partial charge is 0.142 e. The van der Waals surface area contributed by atoms with E-state index in [9.17, 15) is 0 Å². The summed E-state index contributed by atoms with van der Waals surface area (Å²) in [6, 6.07) is 13.4. The largest absolute Gasteiger partial charge is 0.494 e. The zero-order valence-corrected chi connectivity index (χ0v) is 14.5. The predicted molar refractivity (Wildman–Crippen MR) is 101 cm³/mol. The molecule has 0 amide bonds. The molecule has 0 fully saturated rings. The van der Waals surface area contributed by atoms with Crippen molar-refractivity contribution in [1.29, 1.82) is 0 Å². The Morgan fingerprint density at radius 1 is 0.750 bits per heavy atom. The second-order valence-electron chi connectivity index (χ2n) is 6.02. The summed E-state index contributed by atoms with van der Waals surface area (Å²) in [6.45, 7) is 3.46. The topological polar surface area (TPSA) is 70.5 Å². The summed E-state index contributed by atoms with van der Waals surface area (Å²) in [6.07, 6.45) is 5.63.